The van der Waals surface area contributed by atoms with E-state index < -0.39 is 0 Å². The highest BCUT2D eigenvalue weighted by Gasteiger charge is 2.45. The molecule has 0 bridgehead atoms. The number of nitrogen functional groups attached to an aromatic ring is 1. The zero-order valence-electron chi connectivity index (χ0n) is 9.67. The summed E-state index contributed by atoms with van der Waals surface area (Å²) in [5.41, 5.74) is 8.30. The Bertz CT molecular complexity index is 371. The highest BCUT2D eigenvalue weighted by Crippen LogP contribution is 2.51. The van der Waals surface area contributed by atoms with Crippen LogP contribution in [0.2, 0.25) is 0 Å². The second-order valence-electron chi connectivity index (χ2n) is 5.16. The number of aromatic nitrogens is 1. The van der Waals surface area contributed by atoms with Crippen molar-refractivity contribution in [1.29, 1.82) is 0 Å². The summed E-state index contributed by atoms with van der Waals surface area (Å²) in [6, 6.07) is 1.93. The third-order valence-corrected chi connectivity index (χ3v) is 3.44. The van der Waals surface area contributed by atoms with Crippen LogP contribution in [0.15, 0.2) is 12.3 Å². The summed E-state index contributed by atoms with van der Waals surface area (Å²) in [6.45, 7) is 7.58. The van der Waals surface area contributed by atoms with Crippen molar-refractivity contribution in [2.75, 3.05) is 17.6 Å². The molecule has 1 heterocycles. The van der Waals surface area contributed by atoms with Gasteiger partial charge in [-0.2, -0.15) is 0 Å². The molecule has 1 saturated carbocycles. The van der Waals surface area contributed by atoms with Crippen molar-refractivity contribution in [3.05, 3.63) is 17.8 Å². The topological polar surface area (TPSA) is 50.9 Å². The highest BCUT2D eigenvalue weighted by atomic mass is 15.0. The van der Waals surface area contributed by atoms with Crippen LogP contribution in [0.1, 0.15) is 25.8 Å². The molecule has 0 spiro atoms. The lowest BCUT2D eigenvalue weighted by Crippen LogP contribution is -2.10. The normalized spacial score (nSPS) is 22.5. The van der Waals surface area contributed by atoms with Crippen molar-refractivity contribution in [3.8, 4) is 0 Å². The number of pyridine rings is 1. The maximum atomic E-state index is 5.93. The van der Waals surface area contributed by atoms with Crippen molar-refractivity contribution >= 4 is 11.5 Å². The molecule has 2 rings (SSSR count). The molecule has 3 N–H and O–H groups in total. The molecule has 1 aromatic heterocycles. The number of nitrogens with one attached hydrogen (secondary N) is 1. The first-order valence-corrected chi connectivity index (χ1v) is 5.45. The summed E-state index contributed by atoms with van der Waals surface area (Å²) in [6.07, 6.45) is 3.10. The van der Waals surface area contributed by atoms with E-state index in [2.05, 4.69) is 24.1 Å². The molecule has 1 unspecified atom stereocenters. The lowest BCUT2D eigenvalue weighted by Gasteiger charge is -2.10. The number of nitrogens with two attached hydrogens (primary N) is 1. The quantitative estimate of drug-likeness (QED) is 0.796. The molecule has 1 atom stereocenters. The largest absolute Gasteiger partial charge is 0.396 e. The Hall–Kier alpha value is -1.25. The van der Waals surface area contributed by atoms with Crippen LogP contribution in [0.25, 0.3) is 0 Å². The molecule has 3 nitrogen and oxygen atoms in total. The molecule has 0 saturated heterocycles. The fourth-order valence-electron chi connectivity index (χ4n) is 1.86. The van der Waals surface area contributed by atoms with Gasteiger partial charge in [-0.05, 0) is 36.3 Å². The molecule has 3 heteroatoms. The average Bonchev–Trinajstić information content (AvgIpc) is 2.77. The molecule has 15 heavy (non-hydrogen) atoms. The molecule has 0 radical (unpaired) electrons. The molecule has 82 valence electrons. The molecular formula is C12H19N3. The Morgan fingerprint density at radius 1 is 1.60 bits per heavy atom. The average molecular weight is 205 g/mol. The minimum atomic E-state index is 0.506. The van der Waals surface area contributed by atoms with Gasteiger partial charge in [-0.3, -0.25) is 0 Å². The zero-order chi connectivity index (χ0) is 11.1. The van der Waals surface area contributed by atoms with Gasteiger partial charge in [0.05, 0.1) is 5.69 Å². The predicted molar refractivity (Wildman–Crippen MR) is 63.8 cm³/mol. The second-order valence-corrected chi connectivity index (χ2v) is 5.16. The minimum Gasteiger partial charge on any atom is -0.396 e. The van der Waals surface area contributed by atoms with Crippen LogP contribution in [0.3, 0.4) is 0 Å². The first-order valence-electron chi connectivity index (χ1n) is 5.45. The smallest absolute Gasteiger partial charge is 0.149 e. The minimum absolute atomic E-state index is 0.506. The van der Waals surface area contributed by atoms with Gasteiger partial charge in [0.1, 0.15) is 5.82 Å². The Balaban J connectivity index is 1.97. The van der Waals surface area contributed by atoms with E-state index in [9.17, 15) is 0 Å². The van der Waals surface area contributed by atoms with E-state index in [-0.39, 0.29) is 0 Å². The first-order chi connectivity index (χ1) is 7.00. The van der Waals surface area contributed by atoms with E-state index in [0.29, 0.717) is 5.41 Å². The first kappa shape index (κ1) is 10.3. The zero-order valence-corrected chi connectivity index (χ0v) is 9.67. The number of aryl methyl sites for hydroxylation is 1. The standard InChI is InChI=1S/C12H19N3/c1-8-4-5-14-11(10(8)13)15-7-9-6-12(9,2)3/h4-5,9H,6-7,13H2,1-3H3,(H,14,15). The summed E-state index contributed by atoms with van der Waals surface area (Å²) in [5.74, 6) is 1.59. The summed E-state index contributed by atoms with van der Waals surface area (Å²) in [5, 5.41) is 3.34. The van der Waals surface area contributed by atoms with Gasteiger partial charge in [-0.15, -0.1) is 0 Å². The van der Waals surface area contributed by atoms with Crippen molar-refractivity contribution in [1.82, 2.24) is 4.98 Å². The monoisotopic (exact) mass is 205 g/mol. The molecule has 1 aromatic rings. The third-order valence-electron chi connectivity index (χ3n) is 3.44. The molecular weight excluding hydrogens is 186 g/mol. The van der Waals surface area contributed by atoms with Crippen molar-refractivity contribution in [2.45, 2.75) is 27.2 Å². The molecule has 0 aromatic carbocycles. The van der Waals surface area contributed by atoms with E-state index in [1.165, 1.54) is 6.42 Å². The van der Waals surface area contributed by atoms with E-state index in [0.717, 1.165) is 29.5 Å². The third kappa shape index (κ3) is 2.06. The lowest BCUT2D eigenvalue weighted by atomic mass is 10.1. The Labute approximate surface area is 91.1 Å². The SMILES string of the molecule is Cc1ccnc(NCC2CC2(C)C)c1N. The van der Waals surface area contributed by atoms with Gasteiger partial charge in [-0.25, -0.2) is 4.98 Å². The van der Waals surface area contributed by atoms with E-state index in [4.69, 9.17) is 5.73 Å². The van der Waals surface area contributed by atoms with E-state index in [1.807, 2.05) is 13.0 Å². The van der Waals surface area contributed by atoms with E-state index >= 15 is 0 Å². The second kappa shape index (κ2) is 3.40. The van der Waals surface area contributed by atoms with Crippen LogP contribution in [-0.2, 0) is 0 Å². The van der Waals surface area contributed by atoms with E-state index in [1.54, 1.807) is 6.20 Å². The summed E-state index contributed by atoms with van der Waals surface area (Å²) >= 11 is 0. The Morgan fingerprint density at radius 2 is 2.27 bits per heavy atom. The molecule has 0 amide bonds. The number of hydrogen-bond donors (Lipinski definition) is 2. The van der Waals surface area contributed by atoms with Gasteiger partial charge < -0.3 is 11.1 Å². The fraction of sp³-hybridized carbons (Fsp3) is 0.583. The maximum absolute atomic E-state index is 5.93. The fourth-order valence-corrected chi connectivity index (χ4v) is 1.86. The van der Waals surface area contributed by atoms with Crippen molar-refractivity contribution in [2.24, 2.45) is 11.3 Å². The molecule has 1 aliphatic rings. The lowest BCUT2D eigenvalue weighted by molar-refractivity contribution is 0.573. The Morgan fingerprint density at radius 3 is 2.87 bits per heavy atom. The molecule has 1 aliphatic carbocycles. The maximum Gasteiger partial charge on any atom is 0.149 e. The number of nitrogens with zero attached hydrogens (tertiary/aromatic N) is 1. The van der Waals surface area contributed by atoms with Gasteiger partial charge >= 0.3 is 0 Å². The van der Waals surface area contributed by atoms with Crippen molar-refractivity contribution < 1.29 is 0 Å². The van der Waals surface area contributed by atoms with Crippen LogP contribution in [0.5, 0.6) is 0 Å². The predicted octanol–water partition coefficient (Wildman–Crippen LogP) is 2.43. The van der Waals surface area contributed by atoms with Crippen LogP contribution in [0.4, 0.5) is 11.5 Å². The van der Waals surface area contributed by atoms with Crippen LogP contribution in [0, 0.1) is 18.3 Å². The van der Waals surface area contributed by atoms with Crippen LogP contribution >= 0.6 is 0 Å². The van der Waals surface area contributed by atoms with Gasteiger partial charge in [0.15, 0.2) is 0 Å². The van der Waals surface area contributed by atoms with Crippen LogP contribution in [-0.4, -0.2) is 11.5 Å². The van der Waals surface area contributed by atoms with Gasteiger partial charge in [0.25, 0.3) is 0 Å². The summed E-state index contributed by atoms with van der Waals surface area (Å²) in [7, 11) is 0. The van der Waals surface area contributed by atoms with Gasteiger partial charge in [0, 0.05) is 12.7 Å². The van der Waals surface area contributed by atoms with Crippen LogP contribution < -0.4 is 11.1 Å². The Kier molecular flexibility index (Phi) is 2.33. The highest BCUT2D eigenvalue weighted by molar-refractivity contribution is 5.64. The number of rotatable bonds is 3. The van der Waals surface area contributed by atoms with Gasteiger partial charge in [0.2, 0.25) is 0 Å². The number of hydrogen-bond acceptors (Lipinski definition) is 3. The van der Waals surface area contributed by atoms with Gasteiger partial charge in [-0.1, -0.05) is 13.8 Å². The summed E-state index contributed by atoms with van der Waals surface area (Å²) < 4.78 is 0. The summed E-state index contributed by atoms with van der Waals surface area (Å²) in [4.78, 5) is 4.25. The van der Waals surface area contributed by atoms with Crippen molar-refractivity contribution in [3.63, 3.8) is 0 Å². The molecule has 0 aliphatic heterocycles. The molecule has 1 fully saturated rings. The number of anilines is 2.